The molecule has 0 aromatic heterocycles. The van der Waals surface area contributed by atoms with Crippen molar-refractivity contribution in [2.75, 3.05) is 13.1 Å². The smallest absolute Gasteiger partial charge is 0.410 e. The number of aliphatic carboxylic acids is 1. The van der Waals surface area contributed by atoms with Gasteiger partial charge in [0.05, 0.1) is 5.41 Å². The van der Waals surface area contributed by atoms with Crippen LogP contribution in [0.3, 0.4) is 0 Å². The van der Waals surface area contributed by atoms with E-state index in [4.69, 9.17) is 4.74 Å². The number of carboxylic acid groups (broad SMARTS) is 1. The summed E-state index contributed by atoms with van der Waals surface area (Å²) < 4.78 is 6.46. The van der Waals surface area contributed by atoms with Crippen molar-refractivity contribution < 1.29 is 19.4 Å². The van der Waals surface area contributed by atoms with Crippen molar-refractivity contribution in [3.63, 3.8) is 0 Å². The SMILES string of the molecule is CC(C)(C)OC(=O)N1CCC[C@@](Cc2ccccc2I)(C(=O)O)C1. The summed E-state index contributed by atoms with van der Waals surface area (Å²) in [7, 11) is 0. The van der Waals surface area contributed by atoms with Gasteiger partial charge >= 0.3 is 12.1 Å². The van der Waals surface area contributed by atoms with Crippen molar-refractivity contribution in [3.8, 4) is 0 Å². The van der Waals surface area contributed by atoms with E-state index in [0.29, 0.717) is 25.8 Å². The van der Waals surface area contributed by atoms with Crippen molar-refractivity contribution in [3.05, 3.63) is 33.4 Å². The highest BCUT2D eigenvalue weighted by Crippen LogP contribution is 2.35. The molecule has 0 bridgehead atoms. The maximum absolute atomic E-state index is 12.4. The van der Waals surface area contributed by atoms with Crippen LogP contribution in [0.25, 0.3) is 0 Å². The highest BCUT2D eigenvalue weighted by molar-refractivity contribution is 14.1. The van der Waals surface area contributed by atoms with E-state index in [1.165, 1.54) is 0 Å². The molecular formula is C18H24INO4. The van der Waals surface area contributed by atoms with Crippen LogP contribution in [0.5, 0.6) is 0 Å². The Balaban J connectivity index is 2.21. The zero-order valence-corrected chi connectivity index (χ0v) is 16.5. The summed E-state index contributed by atoms with van der Waals surface area (Å²) >= 11 is 2.22. The predicted octanol–water partition coefficient (Wildman–Crippen LogP) is 3.94. The molecule has 1 atom stereocenters. The molecule has 2 rings (SSSR count). The quantitative estimate of drug-likeness (QED) is 0.717. The van der Waals surface area contributed by atoms with E-state index in [1.54, 1.807) is 4.90 Å². The van der Waals surface area contributed by atoms with Crippen molar-refractivity contribution in [2.24, 2.45) is 5.41 Å². The Bertz CT molecular complexity index is 626. The number of likely N-dealkylation sites (tertiary alicyclic amines) is 1. The molecule has 24 heavy (non-hydrogen) atoms. The van der Waals surface area contributed by atoms with Gasteiger partial charge in [-0.2, -0.15) is 0 Å². The number of benzene rings is 1. The fourth-order valence-corrected chi connectivity index (χ4v) is 3.59. The molecule has 5 nitrogen and oxygen atoms in total. The number of nitrogens with zero attached hydrogens (tertiary/aromatic N) is 1. The second kappa shape index (κ2) is 7.29. The van der Waals surface area contributed by atoms with Crippen LogP contribution in [0.2, 0.25) is 0 Å². The van der Waals surface area contributed by atoms with E-state index in [0.717, 1.165) is 9.13 Å². The number of hydrogen-bond acceptors (Lipinski definition) is 3. The lowest BCUT2D eigenvalue weighted by molar-refractivity contribution is -0.152. The minimum absolute atomic E-state index is 0.183. The maximum Gasteiger partial charge on any atom is 0.410 e. The highest BCUT2D eigenvalue weighted by Gasteiger charge is 2.44. The van der Waals surface area contributed by atoms with Gasteiger partial charge in [-0.05, 0) is 74.3 Å². The molecule has 1 aliphatic rings. The second-order valence-electron chi connectivity index (χ2n) is 7.36. The minimum atomic E-state index is -0.962. The summed E-state index contributed by atoms with van der Waals surface area (Å²) in [5.41, 5.74) is -0.544. The van der Waals surface area contributed by atoms with Crippen LogP contribution in [-0.4, -0.2) is 40.8 Å². The van der Waals surface area contributed by atoms with Gasteiger partial charge in [0, 0.05) is 16.7 Å². The largest absolute Gasteiger partial charge is 0.481 e. The number of ether oxygens (including phenoxy) is 1. The molecule has 1 aliphatic heterocycles. The number of carbonyl (C=O) groups is 2. The van der Waals surface area contributed by atoms with Crippen LogP contribution in [0.1, 0.15) is 39.2 Å². The third-order valence-electron chi connectivity index (χ3n) is 4.17. The molecule has 0 aliphatic carbocycles. The number of halogens is 1. The average Bonchev–Trinajstić information content (AvgIpc) is 2.48. The van der Waals surface area contributed by atoms with Crippen molar-refractivity contribution in [2.45, 2.75) is 45.6 Å². The van der Waals surface area contributed by atoms with Crippen LogP contribution in [-0.2, 0) is 16.0 Å². The summed E-state index contributed by atoms with van der Waals surface area (Å²) in [5.74, 6) is -0.851. The number of rotatable bonds is 3. The Hall–Kier alpha value is -1.31. The fraction of sp³-hybridized carbons (Fsp3) is 0.556. The number of carbonyl (C=O) groups excluding carboxylic acids is 1. The van der Waals surface area contributed by atoms with E-state index in [1.807, 2.05) is 45.0 Å². The lowest BCUT2D eigenvalue weighted by atomic mass is 9.75. The van der Waals surface area contributed by atoms with Crippen LogP contribution >= 0.6 is 22.6 Å². The van der Waals surface area contributed by atoms with Gasteiger partial charge in [-0.3, -0.25) is 4.79 Å². The summed E-state index contributed by atoms with van der Waals surface area (Å²) in [6.07, 6.45) is 1.21. The first-order chi connectivity index (χ1) is 11.1. The molecule has 1 aromatic rings. The number of hydrogen-bond donors (Lipinski definition) is 1. The first-order valence-corrected chi connectivity index (χ1v) is 9.16. The summed E-state index contributed by atoms with van der Waals surface area (Å²) in [6.45, 7) is 6.15. The Kier molecular flexibility index (Phi) is 5.78. The summed E-state index contributed by atoms with van der Waals surface area (Å²) in [5, 5.41) is 9.89. The van der Waals surface area contributed by atoms with E-state index in [2.05, 4.69) is 22.6 Å². The summed E-state index contributed by atoms with van der Waals surface area (Å²) in [4.78, 5) is 26.0. The number of amides is 1. The topological polar surface area (TPSA) is 66.8 Å². The number of carboxylic acids is 1. The average molecular weight is 445 g/mol. The van der Waals surface area contributed by atoms with Crippen molar-refractivity contribution >= 4 is 34.7 Å². The molecule has 1 N–H and O–H groups in total. The minimum Gasteiger partial charge on any atom is -0.481 e. The van der Waals surface area contributed by atoms with Crippen LogP contribution < -0.4 is 0 Å². The van der Waals surface area contributed by atoms with Gasteiger partial charge in [-0.15, -0.1) is 0 Å². The van der Waals surface area contributed by atoms with E-state index in [-0.39, 0.29) is 6.54 Å². The highest BCUT2D eigenvalue weighted by atomic mass is 127. The molecular weight excluding hydrogens is 421 g/mol. The van der Waals surface area contributed by atoms with Gasteiger partial charge in [-0.25, -0.2) is 4.79 Å². The van der Waals surface area contributed by atoms with Crippen LogP contribution in [0, 0.1) is 8.99 Å². The maximum atomic E-state index is 12.4. The zero-order chi connectivity index (χ0) is 18.0. The standard InChI is InChI=1S/C18H24INO4/c1-17(2,3)24-16(23)20-10-6-9-18(12-20,15(21)22)11-13-7-4-5-8-14(13)19/h4-5,7-8H,6,9-12H2,1-3H3,(H,21,22)/t18-/m0/s1. The second-order valence-corrected chi connectivity index (χ2v) is 8.52. The first-order valence-electron chi connectivity index (χ1n) is 8.08. The van der Waals surface area contributed by atoms with Gasteiger partial charge in [-0.1, -0.05) is 18.2 Å². The van der Waals surface area contributed by atoms with Gasteiger partial charge in [0.1, 0.15) is 5.60 Å². The molecule has 1 amide bonds. The molecule has 1 saturated heterocycles. The molecule has 0 unspecified atom stereocenters. The van der Waals surface area contributed by atoms with Gasteiger partial charge in [0.15, 0.2) is 0 Å². The Morgan fingerprint density at radius 2 is 2.00 bits per heavy atom. The first kappa shape index (κ1) is 19.0. The third-order valence-corrected chi connectivity index (χ3v) is 5.22. The van der Waals surface area contributed by atoms with E-state index < -0.39 is 23.1 Å². The van der Waals surface area contributed by atoms with Crippen LogP contribution in [0.4, 0.5) is 4.79 Å². The lowest BCUT2D eigenvalue weighted by Gasteiger charge is -2.40. The normalized spacial score (nSPS) is 21.4. The predicted molar refractivity (Wildman–Crippen MR) is 100.0 cm³/mol. The molecule has 0 spiro atoms. The van der Waals surface area contributed by atoms with Crippen molar-refractivity contribution in [1.82, 2.24) is 4.90 Å². The summed E-state index contributed by atoms with van der Waals surface area (Å²) in [6, 6.07) is 7.78. The van der Waals surface area contributed by atoms with Crippen molar-refractivity contribution in [1.29, 1.82) is 0 Å². The third kappa shape index (κ3) is 4.62. The van der Waals surface area contributed by atoms with Gasteiger partial charge in [0.25, 0.3) is 0 Å². The molecule has 132 valence electrons. The Morgan fingerprint density at radius 3 is 2.58 bits per heavy atom. The van der Waals surface area contributed by atoms with E-state index >= 15 is 0 Å². The molecule has 0 saturated carbocycles. The van der Waals surface area contributed by atoms with Gasteiger partial charge < -0.3 is 14.7 Å². The Morgan fingerprint density at radius 1 is 1.33 bits per heavy atom. The molecule has 0 radical (unpaired) electrons. The molecule has 1 aromatic carbocycles. The van der Waals surface area contributed by atoms with E-state index in [9.17, 15) is 14.7 Å². The zero-order valence-electron chi connectivity index (χ0n) is 14.3. The van der Waals surface area contributed by atoms with Crippen LogP contribution in [0.15, 0.2) is 24.3 Å². The lowest BCUT2D eigenvalue weighted by Crippen LogP contribution is -2.52. The molecule has 1 heterocycles. The molecule has 6 heteroatoms. The van der Waals surface area contributed by atoms with Gasteiger partial charge in [0.2, 0.25) is 0 Å². The number of piperidine rings is 1. The monoisotopic (exact) mass is 445 g/mol. The fourth-order valence-electron chi connectivity index (χ4n) is 3.01. The Labute approximate surface area is 156 Å². The molecule has 1 fully saturated rings.